The van der Waals surface area contributed by atoms with E-state index in [0.717, 1.165) is 0 Å². The van der Waals surface area contributed by atoms with Crippen molar-refractivity contribution in [3.63, 3.8) is 0 Å². The summed E-state index contributed by atoms with van der Waals surface area (Å²) in [6.45, 7) is 7.31. The number of benzene rings is 1. The summed E-state index contributed by atoms with van der Waals surface area (Å²) in [6.07, 6.45) is -4.67. The average Bonchev–Trinajstić information content (AvgIpc) is 2.07. The third-order valence-corrected chi connectivity index (χ3v) is 5.31. The molecule has 0 bridgehead atoms. The van der Waals surface area contributed by atoms with Crippen LogP contribution in [0.2, 0.25) is 19.6 Å². The van der Waals surface area contributed by atoms with E-state index < -0.39 is 25.6 Å². The predicted molar refractivity (Wildman–Crippen MR) is 66.8 cm³/mol. The van der Waals surface area contributed by atoms with E-state index in [1.807, 2.05) is 19.6 Å². The summed E-state index contributed by atoms with van der Waals surface area (Å²) in [5.74, 6) is -1.16. The Labute approximate surface area is 107 Å². The summed E-state index contributed by atoms with van der Waals surface area (Å²) >= 11 is 2.82. The molecule has 1 aromatic carbocycles. The van der Waals surface area contributed by atoms with Crippen LogP contribution >= 0.6 is 15.9 Å². The molecule has 0 fully saturated rings. The van der Waals surface area contributed by atoms with E-state index in [4.69, 9.17) is 0 Å². The SMILES string of the molecule is Cc1c([Si](C)(C)C)cc(Br)c(C(F)(F)F)c1F. The van der Waals surface area contributed by atoms with E-state index in [9.17, 15) is 17.6 Å². The van der Waals surface area contributed by atoms with Gasteiger partial charge in [-0.2, -0.15) is 13.2 Å². The lowest BCUT2D eigenvalue weighted by molar-refractivity contribution is -0.140. The van der Waals surface area contributed by atoms with Gasteiger partial charge in [-0.3, -0.25) is 0 Å². The number of rotatable bonds is 1. The highest BCUT2D eigenvalue weighted by atomic mass is 79.9. The molecule has 0 aromatic heterocycles. The first-order valence-corrected chi connectivity index (χ1v) is 9.32. The second kappa shape index (κ2) is 4.39. The third kappa shape index (κ3) is 2.91. The second-order valence-electron chi connectivity index (χ2n) is 4.97. The molecule has 1 aromatic rings. The first-order valence-electron chi connectivity index (χ1n) is 5.02. The quantitative estimate of drug-likeness (QED) is 0.527. The number of hydrogen-bond donors (Lipinski definition) is 0. The molecule has 0 saturated carbocycles. The zero-order valence-electron chi connectivity index (χ0n) is 9.97. The highest BCUT2D eigenvalue weighted by Gasteiger charge is 2.38. The zero-order chi connectivity index (χ0) is 13.6. The second-order valence-corrected chi connectivity index (χ2v) is 10.9. The molecule has 17 heavy (non-hydrogen) atoms. The van der Waals surface area contributed by atoms with Crippen molar-refractivity contribution >= 4 is 29.2 Å². The first-order chi connectivity index (χ1) is 7.46. The smallest absolute Gasteiger partial charge is 0.206 e. The molecular formula is C11H13BrF4Si. The maximum Gasteiger partial charge on any atom is 0.420 e. The van der Waals surface area contributed by atoms with Gasteiger partial charge in [0.1, 0.15) is 11.4 Å². The monoisotopic (exact) mass is 328 g/mol. The van der Waals surface area contributed by atoms with Crippen molar-refractivity contribution in [2.45, 2.75) is 32.7 Å². The predicted octanol–water partition coefficient (Wildman–Crippen LogP) is 4.46. The molecule has 0 aliphatic rings. The molecule has 0 radical (unpaired) electrons. The van der Waals surface area contributed by atoms with Crippen LogP contribution < -0.4 is 5.19 Å². The van der Waals surface area contributed by atoms with E-state index in [0.29, 0.717) is 5.19 Å². The summed E-state index contributed by atoms with van der Waals surface area (Å²) in [5, 5.41) is 0.704. The molecule has 0 atom stereocenters. The first kappa shape index (κ1) is 14.7. The van der Waals surface area contributed by atoms with E-state index in [1.54, 1.807) is 0 Å². The Morgan fingerprint density at radius 1 is 1.18 bits per heavy atom. The molecular weight excluding hydrogens is 316 g/mol. The summed E-state index contributed by atoms with van der Waals surface area (Å²) < 4.78 is 51.6. The lowest BCUT2D eigenvalue weighted by atomic mass is 10.1. The van der Waals surface area contributed by atoms with Gasteiger partial charge in [-0.15, -0.1) is 0 Å². The molecule has 6 heteroatoms. The van der Waals surface area contributed by atoms with Crippen LogP contribution in [0.3, 0.4) is 0 Å². The van der Waals surface area contributed by atoms with Gasteiger partial charge in [-0.1, -0.05) is 40.8 Å². The van der Waals surface area contributed by atoms with Crippen molar-refractivity contribution in [2.24, 2.45) is 0 Å². The van der Waals surface area contributed by atoms with Crippen LogP contribution in [0.25, 0.3) is 0 Å². The Kier molecular flexibility index (Phi) is 3.79. The van der Waals surface area contributed by atoms with Crippen molar-refractivity contribution in [1.82, 2.24) is 0 Å². The molecule has 0 amide bonds. The van der Waals surface area contributed by atoms with Crippen molar-refractivity contribution in [2.75, 3.05) is 0 Å². The fraction of sp³-hybridized carbons (Fsp3) is 0.455. The van der Waals surface area contributed by atoms with Gasteiger partial charge < -0.3 is 0 Å². The summed E-state index contributed by atoms with van der Waals surface area (Å²) in [5.41, 5.74) is -1.10. The van der Waals surface area contributed by atoms with Gasteiger partial charge in [-0.05, 0) is 18.6 Å². The molecule has 0 nitrogen and oxygen atoms in total. The Hall–Kier alpha value is -0.363. The Bertz CT molecular complexity index is 446. The molecule has 96 valence electrons. The minimum atomic E-state index is -4.67. The number of alkyl halides is 3. The van der Waals surface area contributed by atoms with Crippen LogP contribution in [-0.2, 0) is 6.18 Å². The number of halogens is 5. The molecule has 0 spiro atoms. The highest BCUT2D eigenvalue weighted by molar-refractivity contribution is 9.10. The van der Waals surface area contributed by atoms with Crippen LogP contribution in [0.15, 0.2) is 10.5 Å². The van der Waals surface area contributed by atoms with Crippen LogP contribution in [-0.4, -0.2) is 8.07 Å². The zero-order valence-corrected chi connectivity index (χ0v) is 12.6. The lowest BCUT2D eigenvalue weighted by Crippen LogP contribution is -2.40. The van der Waals surface area contributed by atoms with Gasteiger partial charge in [-0.25, -0.2) is 4.39 Å². The largest absolute Gasteiger partial charge is 0.420 e. The van der Waals surface area contributed by atoms with Crippen LogP contribution in [0, 0.1) is 12.7 Å². The maximum atomic E-state index is 13.8. The molecule has 0 N–H and O–H groups in total. The van der Waals surface area contributed by atoms with E-state index in [-0.39, 0.29) is 10.0 Å². The average molecular weight is 329 g/mol. The Morgan fingerprint density at radius 2 is 1.65 bits per heavy atom. The number of hydrogen-bond acceptors (Lipinski definition) is 0. The normalized spacial score (nSPS) is 13.0. The van der Waals surface area contributed by atoms with E-state index in [1.165, 1.54) is 13.0 Å². The highest BCUT2D eigenvalue weighted by Crippen LogP contribution is 2.37. The maximum absolute atomic E-state index is 13.8. The minimum Gasteiger partial charge on any atom is -0.206 e. The third-order valence-electron chi connectivity index (χ3n) is 2.55. The van der Waals surface area contributed by atoms with E-state index in [2.05, 4.69) is 15.9 Å². The van der Waals surface area contributed by atoms with E-state index >= 15 is 0 Å². The molecule has 1 rings (SSSR count). The summed E-state index contributed by atoms with van der Waals surface area (Å²) in [4.78, 5) is 0. The van der Waals surface area contributed by atoms with Crippen molar-refractivity contribution in [1.29, 1.82) is 0 Å². The Balaban J connectivity index is 3.60. The van der Waals surface area contributed by atoms with Crippen molar-refractivity contribution < 1.29 is 17.6 Å². The van der Waals surface area contributed by atoms with Gasteiger partial charge in [0.25, 0.3) is 0 Å². The molecule has 0 aliphatic heterocycles. The van der Waals surface area contributed by atoms with Crippen LogP contribution in [0.1, 0.15) is 11.1 Å². The van der Waals surface area contributed by atoms with Crippen LogP contribution in [0.5, 0.6) is 0 Å². The fourth-order valence-corrected chi connectivity index (χ4v) is 4.41. The van der Waals surface area contributed by atoms with Crippen molar-refractivity contribution in [3.8, 4) is 0 Å². The fourth-order valence-electron chi connectivity index (χ4n) is 1.76. The molecule has 0 saturated heterocycles. The van der Waals surface area contributed by atoms with Crippen molar-refractivity contribution in [3.05, 3.63) is 27.5 Å². The molecule has 0 heterocycles. The Morgan fingerprint density at radius 3 is 2.00 bits per heavy atom. The van der Waals surface area contributed by atoms with Gasteiger partial charge in [0, 0.05) is 4.47 Å². The molecule has 0 aliphatic carbocycles. The molecule has 0 unspecified atom stereocenters. The van der Waals surface area contributed by atoms with Gasteiger partial charge >= 0.3 is 6.18 Å². The standard InChI is InChI=1S/C11H13BrF4Si/c1-6-8(17(2,3)4)5-7(12)9(10(6)13)11(14,15)16/h5H,1-4H3. The lowest BCUT2D eigenvalue weighted by Gasteiger charge is -2.22. The van der Waals surface area contributed by atoms with Gasteiger partial charge in [0.05, 0.1) is 8.07 Å². The van der Waals surface area contributed by atoms with Crippen LogP contribution in [0.4, 0.5) is 17.6 Å². The van der Waals surface area contributed by atoms with Gasteiger partial charge in [0.2, 0.25) is 0 Å². The summed E-state index contributed by atoms with van der Waals surface area (Å²) in [6, 6.07) is 1.41. The topological polar surface area (TPSA) is 0 Å². The minimum absolute atomic E-state index is 0.111. The van der Waals surface area contributed by atoms with Gasteiger partial charge in [0.15, 0.2) is 0 Å². The summed E-state index contributed by atoms with van der Waals surface area (Å²) in [7, 11) is -1.86.